The second kappa shape index (κ2) is 8.95. The number of ketones is 1. The van der Waals surface area contributed by atoms with Crippen LogP contribution in [0.4, 0.5) is 0 Å². The number of carbonyl (C=O) groups excluding carboxylic acids is 1. The number of fused-ring (bicyclic) bond motifs is 5. The van der Waals surface area contributed by atoms with E-state index in [2.05, 4.69) is 24.3 Å². The quantitative estimate of drug-likeness (QED) is 0.632. The number of nitrogens with one attached hydrogen (secondary N) is 1. The molecule has 6 heteroatoms. The molecule has 0 radical (unpaired) electrons. The summed E-state index contributed by atoms with van der Waals surface area (Å²) in [7, 11) is 1.85. The van der Waals surface area contributed by atoms with E-state index in [0.29, 0.717) is 34.9 Å². The monoisotopic (exact) mass is 452 g/mol. The Hall–Kier alpha value is -0.650. The molecule has 31 heavy (non-hydrogen) atoms. The summed E-state index contributed by atoms with van der Waals surface area (Å²) in [6.45, 7) is 7.64. The van der Waals surface area contributed by atoms with Crippen LogP contribution >= 0.6 is 12.4 Å². The van der Waals surface area contributed by atoms with Gasteiger partial charge in [0.25, 0.3) is 0 Å². The van der Waals surface area contributed by atoms with Gasteiger partial charge in [-0.05, 0) is 86.5 Å². The van der Waals surface area contributed by atoms with Gasteiger partial charge in [0.1, 0.15) is 11.9 Å². The lowest BCUT2D eigenvalue weighted by atomic mass is 9.43. The molecule has 5 fully saturated rings. The van der Waals surface area contributed by atoms with Gasteiger partial charge in [0.2, 0.25) is 0 Å². The topological polar surface area (TPSA) is 59.9 Å². The van der Waals surface area contributed by atoms with Crippen molar-refractivity contribution in [3.8, 4) is 0 Å². The predicted molar refractivity (Wildman–Crippen MR) is 125 cm³/mol. The largest absolute Gasteiger partial charge is 0.391 e. The van der Waals surface area contributed by atoms with Crippen LogP contribution in [0.1, 0.15) is 71.6 Å². The fraction of sp³-hybridized carbons (Fsp3) is 0.920. The lowest BCUT2D eigenvalue weighted by molar-refractivity contribution is -0.145. The Balaban J connectivity index is 0.00000231. The van der Waals surface area contributed by atoms with Crippen LogP contribution < -0.4 is 5.32 Å². The molecule has 0 aromatic rings. The van der Waals surface area contributed by atoms with Gasteiger partial charge in [-0.1, -0.05) is 19.0 Å². The van der Waals surface area contributed by atoms with E-state index in [-0.39, 0.29) is 23.9 Å². The summed E-state index contributed by atoms with van der Waals surface area (Å²) in [5.74, 6) is 3.76. The molecule has 1 N–H and O–H groups in total. The van der Waals surface area contributed by atoms with Crippen molar-refractivity contribution in [2.75, 3.05) is 26.8 Å². The molecule has 176 valence electrons. The highest BCUT2D eigenvalue weighted by molar-refractivity contribution is 5.87. The highest BCUT2D eigenvalue weighted by Gasteiger charge is 2.62. The maximum absolute atomic E-state index is 12.7. The van der Waals surface area contributed by atoms with E-state index in [0.717, 1.165) is 64.1 Å². The first-order chi connectivity index (χ1) is 14.5. The minimum atomic E-state index is -0.0492. The van der Waals surface area contributed by atoms with E-state index < -0.39 is 0 Å². The van der Waals surface area contributed by atoms with Gasteiger partial charge in [0.05, 0.1) is 5.71 Å². The first-order valence-corrected chi connectivity index (χ1v) is 12.4. The second-order valence-electron chi connectivity index (χ2n) is 11.4. The first-order valence-electron chi connectivity index (χ1n) is 12.4. The average molecular weight is 453 g/mol. The van der Waals surface area contributed by atoms with Gasteiger partial charge in [-0.3, -0.25) is 4.79 Å². The maximum Gasteiger partial charge on any atom is 0.141 e. The zero-order valence-electron chi connectivity index (χ0n) is 19.5. The molecule has 0 bridgehead atoms. The maximum atomic E-state index is 12.7. The summed E-state index contributed by atoms with van der Waals surface area (Å²) < 4.78 is 5.74. The van der Waals surface area contributed by atoms with Crippen LogP contribution in [0, 0.1) is 40.4 Å². The Bertz CT molecular complexity index is 709. The molecule has 1 aliphatic heterocycles. The standard InChI is InChI=1S/C25H40N2O3.ClH/c1-24-9-6-17(27-30-18-8-11-26-14-18)13-22(24)16(15-29-3)12-19-20-4-5-23(28)25(20,2)10-7-21(19)24;/h16,18-22,26H,4-15H2,1-3H3;1H/b27-17+;/t16-,18-,19+,20+,21+,22?,24-,25+;/m1./s1. The molecule has 1 saturated heterocycles. The molecule has 1 heterocycles. The molecule has 4 saturated carbocycles. The number of Topliss-reactive ketones (excluding diaryl/α,β-unsaturated/α-hetero) is 1. The molecular weight excluding hydrogens is 412 g/mol. The number of methoxy groups -OCH3 is 1. The summed E-state index contributed by atoms with van der Waals surface area (Å²) >= 11 is 0. The Morgan fingerprint density at radius 1 is 1.10 bits per heavy atom. The van der Waals surface area contributed by atoms with Crippen molar-refractivity contribution in [2.45, 2.75) is 77.7 Å². The Morgan fingerprint density at radius 3 is 2.68 bits per heavy atom. The number of carbonyl (C=O) groups is 1. The number of hydrogen-bond acceptors (Lipinski definition) is 5. The summed E-state index contributed by atoms with van der Waals surface area (Å²) in [5.41, 5.74) is 1.56. The van der Waals surface area contributed by atoms with E-state index >= 15 is 0 Å². The van der Waals surface area contributed by atoms with Gasteiger partial charge in [-0.15, -0.1) is 12.4 Å². The molecule has 4 aliphatic carbocycles. The van der Waals surface area contributed by atoms with E-state index in [1.54, 1.807) is 0 Å². The van der Waals surface area contributed by atoms with Crippen LogP contribution in [-0.2, 0) is 14.4 Å². The molecule has 8 atom stereocenters. The molecule has 5 nitrogen and oxygen atoms in total. The van der Waals surface area contributed by atoms with Crippen LogP contribution in [0.2, 0.25) is 0 Å². The van der Waals surface area contributed by atoms with Crippen molar-refractivity contribution in [2.24, 2.45) is 45.6 Å². The van der Waals surface area contributed by atoms with Crippen LogP contribution in [-0.4, -0.2) is 44.4 Å². The number of hydrogen-bond donors (Lipinski definition) is 1. The minimum Gasteiger partial charge on any atom is -0.391 e. The predicted octanol–water partition coefficient (Wildman–Crippen LogP) is 4.63. The highest BCUT2D eigenvalue weighted by atomic mass is 35.5. The molecule has 0 aromatic carbocycles. The molecule has 5 rings (SSSR count). The normalized spacial score (nSPS) is 48.0. The Kier molecular flexibility index (Phi) is 6.78. The van der Waals surface area contributed by atoms with E-state index in [4.69, 9.17) is 9.57 Å². The summed E-state index contributed by atoms with van der Waals surface area (Å²) in [6, 6.07) is 0. The fourth-order valence-electron chi connectivity index (χ4n) is 8.42. The SMILES string of the molecule is COC[C@H]1C[C@@H]2[C@H](CC[C@]3(C)C(=O)CC[C@@H]23)[C@@]2(C)CC/C(=N\O[C@@H]3CCNC3)CC12.Cl. The van der Waals surface area contributed by atoms with Gasteiger partial charge in [-0.25, -0.2) is 0 Å². The number of halogens is 1. The zero-order valence-corrected chi connectivity index (χ0v) is 20.3. The van der Waals surface area contributed by atoms with Crippen molar-refractivity contribution in [1.82, 2.24) is 5.32 Å². The number of ether oxygens (including phenoxy) is 1. The van der Waals surface area contributed by atoms with Crippen LogP contribution in [0.5, 0.6) is 0 Å². The average Bonchev–Trinajstić information content (AvgIpc) is 3.35. The minimum absolute atomic E-state index is 0. The van der Waals surface area contributed by atoms with Crippen LogP contribution in [0.15, 0.2) is 5.16 Å². The smallest absolute Gasteiger partial charge is 0.141 e. The van der Waals surface area contributed by atoms with Gasteiger partial charge < -0.3 is 14.9 Å². The molecule has 0 aromatic heterocycles. The third kappa shape index (κ3) is 3.87. The Labute approximate surface area is 193 Å². The first kappa shape index (κ1) is 23.5. The van der Waals surface area contributed by atoms with Crippen molar-refractivity contribution in [3.63, 3.8) is 0 Å². The van der Waals surface area contributed by atoms with Crippen molar-refractivity contribution in [3.05, 3.63) is 0 Å². The van der Waals surface area contributed by atoms with E-state index in [1.807, 2.05) is 7.11 Å². The highest BCUT2D eigenvalue weighted by Crippen LogP contribution is 2.66. The number of nitrogens with zero attached hydrogens (tertiary/aromatic N) is 1. The van der Waals surface area contributed by atoms with Gasteiger partial charge in [-0.2, -0.15) is 0 Å². The third-order valence-electron chi connectivity index (χ3n) is 10.1. The van der Waals surface area contributed by atoms with Crippen molar-refractivity contribution < 1.29 is 14.4 Å². The molecule has 5 aliphatic rings. The van der Waals surface area contributed by atoms with E-state index in [9.17, 15) is 4.79 Å². The summed E-state index contributed by atoms with van der Waals surface area (Å²) in [5, 5.41) is 8.01. The molecule has 1 unspecified atom stereocenters. The molecule has 0 amide bonds. The number of rotatable bonds is 4. The summed E-state index contributed by atoms with van der Waals surface area (Å²) in [4.78, 5) is 18.6. The van der Waals surface area contributed by atoms with Gasteiger partial charge in [0.15, 0.2) is 0 Å². The van der Waals surface area contributed by atoms with Gasteiger partial charge >= 0.3 is 0 Å². The van der Waals surface area contributed by atoms with Crippen LogP contribution in [0.3, 0.4) is 0 Å². The summed E-state index contributed by atoms with van der Waals surface area (Å²) in [6.07, 6.45) is 10.1. The third-order valence-corrected chi connectivity index (χ3v) is 10.1. The van der Waals surface area contributed by atoms with Crippen LogP contribution in [0.25, 0.3) is 0 Å². The fourth-order valence-corrected chi connectivity index (χ4v) is 8.42. The zero-order chi connectivity index (χ0) is 20.9. The number of oxime groups is 1. The van der Waals surface area contributed by atoms with E-state index in [1.165, 1.54) is 25.0 Å². The molecule has 0 spiro atoms. The lowest BCUT2D eigenvalue weighted by Gasteiger charge is -2.61. The Morgan fingerprint density at radius 2 is 1.94 bits per heavy atom. The lowest BCUT2D eigenvalue weighted by Crippen LogP contribution is -2.57. The van der Waals surface area contributed by atoms with Gasteiger partial charge in [0, 0.05) is 38.5 Å². The molecular formula is C25H41ClN2O3. The van der Waals surface area contributed by atoms with Crippen molar-refractivity contribution >= 4 is 23.9 Å². The van der Waals surface area contributed by atoms with Crippen molar-refractivity contribution in [1.29, 1.82) is 0 Å². The second-order valence-corrected chi connectivity index (χ2v) is 11.4.